The van der Waals surface area contributed by atoms with Crippen LogP contribution in [0.4, 0.5) is 4.39 Å². The number of nitrogens with zero attached hydrogens (tertiary/aromatic N) is 1. The van der Waals surface area contributed by atoms with Crippen LogP contribution in [0.2, 0.25) is 5.15 Å². The Morgan fingerprint density at radius 2 is 2.04 bits per heavy atom. The van der Waals surface area contributed by atoms with Crippen LogP contribution < -0.4 is 10.1 Å². The number of hydrogen-bond acceptors (Lipinski definition) is 3. The first-order valence-electron chi connectivity index (χ1n) is 7.34. The molecule has 2 aromatic rings. The molecule has 0 bridgehead atoms. The van der Waals surface area contributed by atoms with Gasteiger partial charge in [0.1, 0.15) is 22.3 Å². The normalized spacial score (nSPS) is 10.4. The average Bonchev–Trinajstić information content (AvgIpc) is 2.51. The van der Waals surface area contributed by atoms with Crippen LogP contribution in [-0.2, 0) is 6.54 Å². The summed E-state index contributed by atoms with van der Waals surface area (Å²) in [6, 6.07) is 7.60. The van der Waals surface area contributed by atoms with Crippen LogP contribution >= 0.6 is 11.6 Å². The van der Waals surface area contributed by atoms with Gasteiger partial charge in [-0.1, -0.05) is 30.7 Å². The molecule has 0 spiro atoms. The van der Waals surface area contributed by atoms with Crippen LogP contribution in [0.1, 0.15) is 35.0 Å². The van der Waals surface area contributed by atoms with Crippen molar-refractivity contribution in [2.45, 2.75) is 26.8 Å². The first-order valence-corrected chi connectivity index (χ1v) is 7.71. The fourth-order valence-corrected chi connectivity index (χ4v) is 2.32. The van der Waals surface area contributed by atoms with Crippen molar-refractivity contribution >= 4 is 17.5 Å². The number of nitrogens with one attached hydrogen (secondary N) is 1. The van der Waals surface area contributed by atoms with E-state index >= 15 is 0 Å². The fourth-order valence-electron chi connectivity index (χ4n) is 2.01. The zero-order chi connectivity index (χ0) is 16.8. The van der Waals surface area contributed by atoms with Crippen molar-refractivity contribution in [3.8, 4) is 5.75 Å². The molecule has 0 saturated heterocycles. The molecule has 1 heterocycles. The number of hydrogen-bond donors (Lipinski definition) is 1. The number of ether oxygens (including phenoxy) is 1. The van der Waals surface area contributed by atoms with Gasteiger partial charge in [-0.3, -0.25) is 4.79 Å². The van der Waals surface area contributed by atoms with Crippen molar-refractivity contribution in [2.24, 2.45) is 0 Å². The largest absolute Gasteiger partial charge is 0.493 e. The van der Waals surface area contributed by atoms with Crippen LogP contribution in [0.3, 0.4) is 0 Å². The Morgan fingerprint density at radius 1 is 1.35 bits per heavy atom. The van der Waals surface area contributed by atoms with Gasteiger partial charge < -0.3 is 10.1 Å². The van der Waals surface area contributed by atoms with E-state index in [0.717, 1.165) is 12.0 Å². The van der Waals surface area contributed by atoms with E-state index in [1.807, 2.05) is 6.92 Å². The second-order valence-corrected chi connectivity index (χ2v) is 5.44. The van der Waals surface area contributed by atoms with E-state index in [4.69, 9.17) is 16.3 Å². The number of rotatable bonds is 6. The molecule has 0 aliphatic rings. The van der Waals surface area contributed by atoms with Crippen LogP contribution in [0.15, 0.2) is 30.3 Å². The molecule has 23 heavy (non-hydrogen) atoms. The Labute approximate surface area is 139 Å². The van der Waals surface area contributed by atoms with Crippen molar-refractivity contribution < 1.29 is 13.9 Å². The van der Waals surface area contributed by atoms with E-state index in [0.29, 0.717) is 18.1 Å². The second-order valence-electron chi connectivity index (χ2n) is 5.09. The summed E-state index contributed by atoms with van der Waals surface area (Å²) in [5, 5.41) is 2.85. The smallest absolute Gasteiger partial charge is 0.258 e. The highest BCUT2D eigenvalue weighted by atomic mass is 35.5. The van der Waals surface area contributed by atoms with Crippen molar-refractivity contribution in [1.82, 2.24) is 10.3 Å². The minimum atomic E-state index is -0.377. The number of carbonyl (C=O) groups is 1. The molecule has 6 heteroatoms. The summed E-state index contributed by atoms with van der Waals surface area (Å²) in [5.74, 6) is -0.278. The summed E-state index contributed by atoms with van der Waals surface area (Å²) in [5.41, 5.74) is 1.68. The molecule has 0 fully saturated rings. The average molecular weight is 337 g/mol. The number of carbonyl (C=O) groups excluding carboxylic acids is 1. The first kappa shape index (κ1) is 17.2. The minimum Gasteiger partial charge on any atom is -0.493 e. The Kier molecular flexibility index (Phi) is 5.93. The maximum Gasteiger partial charge on any atom is 0.258 e. The summed E-state index contributed by atoms with van der Waals surface area (Å²) < 4.78 is 18.5. The van der Waals surface area contributed by atoms with Crippen LogP contribution in [0.5, 0.6) is 5.75 Å². The highest BCUT2D eigenvalue weighted by Crippen LogP contribution is 2.26. The van der Waals surface area contributed by atoms with E-state index in [9.17, 15) is 9.18 Å². The maximum absolute atomic E-state index is 12.9. The molecule has 4 nitrogen and oxygen atoms in total. The zero-order valence-electron chi connectivity index (χ0n) is 13.0. The molecule has 0 aliphatic carbocycles. The number of aryl methyl sites for hydroxylation is 1. The maximum atomic E-state index is 12.9. The van der Waals surface area contributed by atoms with Crippen molar-refractivity contribution in [3.63, 3.8) is 0 Å². The standard InChI is InChI=1S/C17H18ClFN2O2/c1-3-8-23-14-9-11(2)21-16(18)15(14)17(22)20-10-12-4-6-13(19)7-5-12/h4-7,9H,3,8,10H2,1-2H3,(H,20,22). The molecular weight excluding hydrogens is 319 g/mol. The molecular formula is C17H18ClFN2O2. The SMILES string of the molecule is CCCOc1cc(C)nc(Cl)c1C(=O)NCc1ccc(F)cc1. The van der Waals surface area contributed by atoms with Gasteiger partial charge in [-0.2, -0.15) is 0 Å². The van der Waals surface area contributed by atoms with E-state index < -0.39 is 0 Å². The molecule has 0 saturated carbocycles. The van der Waals surface area contributed by atoms with Gasteiger partial charge >= 0.3 is 0 Å². The summed E-state index contributed by atoms with van der Waals surface area (Å²) >= 11 is 6.11. The van der Waals surface area contributed by atoms with Gasteiger partial charge in [-0.15, -0.1) is 0 Å². The lowest BCUT2D eigenvalue weighted by molar-refractivity contribution is 0.0946. The van der Waals surface area contributed by atoms with Gasteiger partial charge in [-0.05, 0) is 31.0 Å². The van der Waals surface area contributed by atoms with Crippen molar-refractivity contribution in [2.75, 3.05) is 6.61 Å². The molecule has 1 aromatic heterocycles. The Morgan fingerprint density at radius 3 is 2.70 bits per heavy atom. The lowest BCUT2D eigenvalue weighted by Crippen LogP contribution is -2.24. The Bertz CT molecular complexity index is 690. The molecule has 0 atom stereocenters. The van der Waals surface area contributed by atoms with E-state index in [1.54, 1.807) is 25.1 Å². The van der Waals surface area contributed by atoms with E-state index in [1.165, 1.54) is 12.1 Å². The fraction of sp³-hybridized carbons (Fsp3) is 0.294. The van der Waals surface area contributed by atoms with Crippen molar-refractivity contribution in [3.05, 3.63) is 58.1 Å². The molecule has 2 rings (SSSR count). The molecule has 122 valence electrons. The molecule has 1 aromatic carbocycles. The van der Waals surface area contributed by atoms with Crippen LogP contribution in [0.25, 0.3) is 0 Å². The third kappa shape index (κ3) is 4.66. The highest BCUT2D eigenvalue weighted by Gasteiger charge is 2.19. The molecule has 0 aliphatic heterocycles. The minimum absolute atomic E-state index is 0.104. The Hall–Kier alpha value is -2.14. The summed E-state index contributed by atoms with van der Waals surface area (Å²) in [4.78, 5) is 16.5. The topological polar surface area (TPSA) is 51.2 Å². The van der Waals surface area contributed by atoms with Gasteiger partial charge in [-0.25, -0.2) is 9.37 Å². The highest BCUT2D eigenvalue weighted by molar-refractivity contribution is 6.33. The monoisotopic (exact) mass is 336 g/mol. The molecule has 0 unspecified atom stereocenters. The third-order valence-corrected chi connectivity index (χ3v) is 3.40. The quantitative estimate of drug-likeness (QED) is 0.814. The van der Waals surface area contributed by atoms with Crippen LogP contribution in [0, 0.1) is 12.7 Å². The van der Waals surface area contributed by atoms with Crippen LogP contribution in [-0.4, -0.2) is 17.5 Å². The van der Waals surface area contributed by atoms with E-state index in [-0.39, 0.29) is 29.0 Å². The van der Waals surface area contributed by atoms with Gasteiger partial charge in [0, 0.05) is 18.3 Å². The summed E-state index contributed by atoms with van der Waals surface area (Å²) in [6.45, 7) is 4.50. The van der Waals surface area contributed by atoms with Gasteiger partial charge in [0.15, 0.2) is 0 Å². The lowest BCUT2D eigenvalue weighted by atomic mass is 10.2. The predicted molar refractivity (Wildman–Crippen MR) is 87.3 cm³/mol. The van der Waals surface area contributed by atoms with Gasteiger partial charge in [0.05, 0.1) is 6.61 Å². The summed E-state index contributed by atoms with van der Waals surface area (Å²) in [7, 11) is 0. The predicted octanol–water partition coefficient (Wildman–Crippen LogP) is 3.90. The number of aromatic nitrogens is 1. The number of benzene rings is 1. The molecule has 1 amide bonds. The van der Waals surface area contributed by atoms with E-state index in [2.05, 4.69) is 10.3 Å². The second kappa shape index (κ2) is 7.92. The molecule has 0 radical (unpaired) electrons. The zero-order valence-corrected chi connectivity index (χ0v) is 13.8. The number of amides is 1. The lowest BCUT2D eigenvalue weighted by Gasteiger charge is -2.13. The Balaban J connectivity index is 2.15. The van der Waals surface area contributed by atoms with Crippen molar-refractivity contribution in [1.29, 1.82) is 0 Å². The van der Waals surface area contributed by atoms with Gasteiger partial charge in [0.2, 0.25) is 0 Å². The third-order valence-electron chi connectivity index (χ3n) is 3.12. The molecule has 1 N–H and O–H groups in total. The number of pyridine rings is 1. The summed E-state index contributed by atoms with van der Waals surface area (Å²) in [6.07, 6.45) is 0.815. The first-order chi connectivity index (χ1) is 11.0. The number of halogens is 2. The van der Waals surface area contributed by atoms with Gasteiger partial charge in [0.25, 0.3) is 5.91 Å².